The molecular weight excluding hydrogens is 281 g/mol. The molecule has 0 fully saturated rings. The standard InChI is InChI=1S/C17H16FN3O/c1-11-14(15-8-12(18)5-6-16(15)21-11)9-17(22)20-10-13-4-2-3-7-19-13/h2-8,21H,9-10H2,1H3,(H,20,22). The van der Waals surface area contributed by atoms with E-state index < -0.39 is 0 Å². The number of aryl methyl sites for hydroxylation is 1. The maximum absolute atomic E-state index is 13.4. The Morgan fingerprint density at radius 1 is 1.32 bits per heavy atom. The maximum atomic E-state index is 13.4. The molecule has 0 unspecified atom stereocenters. The van der Waals surface area contributed by atoms with E-state index in [2.05, 4.69) is 15.3 Å². The number of nitrogens with one attached hydrogen (secondary N) is 2. The minimum absolute atomic E-state index is 0.112. The summed E-state index contributed by atoms with van der Waals surface area (Å²) in [6.45, 7) is 2.27. The number of amides is 1. The number of aromatic nitrogens is 2. The maximum Gasteiger partial charge on any atom is 0.224 e. The third-order valence-corrected chi connectivity index (χ3v) is 3.61. The van der Waals surface area contributed by atoms with E-state index in [1.165, 1.54) is 12.1 Å². The van der Waals surface area contributed by atoms with E-state index in [0.717, 1.165) is 27.9 Å². The van der Waals surface area contributed by atoms with Gasteiger partial charge in [0.1, 0.15) is 5.82 Å². The third kappa shape index (κ3) is 2.98. The molecule has 112 valence electrons. The number of aromatic amines is 1. The molecule has 0 atom stereocenters. The highest BCUT2D eigenvalue weighted by Gasteiger charge is 2.13. The number of rotatable bonds is 4. The van der Waals surface area contributed by atoms with Crippen molar-refractivity contribution in [3.8, 4) is 0 Å². The normalized spacial score (nSPS) is 10.8. The minimum atomic E-state index is -0.304. The first-order valence-electron chi connectivity index (χ1n) is 7.07. The zero-order valence-corrected chi connectivity index (χ0v) is 12.2. The van der Waals surface area contributed by atoms with E-state index in [-0.39, 0.29) is 18.1 Å². The molecule has 2 aromatic heterocycles. The molecule has 0 spiro atoms. The third-order valence-electron chi connectivity index (χ3n) is 3.61. The van der Waals surface area contributed by atoms with Gasteiger partial charge in [-0.25, -0.2) is 4.39 Å². The molecule has 3 aromatic rings. The van der Waals surface area contributed by atoms with Gasteiger partial charge in [0.25, 0.3) is 0 Å². The number of halogens is 1. The quantitative estimate of drug-likeness (QED) is 0.778. The fraction of sp³-hybridized carbons (Fsp3) is 0.176. The summed E-state index contributed by atoms with van der Waals surface area (Å²) in [6, 6.07) is 10.1. The van der Waals surface area contributed by atoms with E-state index >= 15 is 0 Å². The van der Waals surface area contributed by atoms with Crippen LogP contribution < -0.4 is 5.32 Å². The average molecular weight is 297 g/mol. The molecular formula is C17H16FN3O. The van der Waals surface area contributed by atoms with Gasteiger partial charge in [0.05, 0.1) is 18.7 Å². The summed E-state index contributed by atoms with van der Waals surface area (Å²) in [5, 5.41) is 3.59. The van der Waals surface area contributed by atoms with Gasteiger partial charge in [-0.1, -0.05) is 6.07 Å². The van der Waals surface area contributed by atoms with Crippen LogP contribution in [-0.4, -0.2) is 15.9 Å². The summed E-state index contributed by atoms with van der Waals surface area (Å²) < 4.78 is 13.4. The Balaban J connectivity index is 1.74. The van der Waals surface area contributed by atoms with Crippen LogP contribution in [0, 0.1) is 12.7 Å². The van der Waals surface area contributed by atoms with Crippen LogP contribution in [0.4, 0.5) is 4.39 Å². The molecule has 2 N–H and O–H groups in total. The van der Waals surface area contributed by atoms with Gasteiger partial charge < -0.3 is 10.3 Å². The van der Waals surface area contributed by atoms with Crippen LogP contribution in [0.15, 0.2) is 42.6 Å². The predicted molar refractivity (Wildman–Crippen MR) is 82.8 cm³/mol. The van der Waals surface area contributed by atoms with Crippen LogP contribution in [0.2, 0.25) is 0 Å². The first-order chi connectivity index (χ1) is 10.6. The summed E-state index contributed by atoms with van der Waals surface area (Å²) in [7, 11) is 0. The highest BCUT2D eigenvalue weighted by molar-refractivity contribution is 5.90. The van der Waals surface area contributed by atoms with Gasteiger partial charge in [-0.3, -0.25) is 9.78 Å². The van der Waals surface area contributed by atoms with Crippen LogP contribution in [0.25, 0.3) is 10.9 Å². The molecule has 0 aliphatic carbocycles. The van der Waals surface area contributed by atoms with Crippen molar-refractivity contribution in [2.45, 2.75) is 19.9 Å². The molecule has 0 aliphatic rings. The van der Waals surface area contributed by atoms with Crippen molar-refractivity contribution in [3.63, 3.8) is 0 Å². The summed E-state index contributed by atoms with van der Waals surface area (Å²) >= 11 is 0. The number of carbonyl (C=O) groups is 1. The van der Waals surface area contributed by atoms with Crippen LogP contribution in [0.3, 0.4) is 0 Å². The van der Waals surface area contributed by atoms with Gasteiger partial charge in [0, 0.05) is 22.8 Å². The Morgan fingerprint density at radius 2 is 2.18 bits per heavy atom. The van der Waals surface area contributed by atoms with Crippen molar-refractivity contribution in [2.24, 2.45) is 0 Å². The van der Waals surface area contributed by atoms with Gasteiger partial charge in [-0.05, 0) is 42.8 Å². The van der Waals surface area contributed by atoms with Gasteiger partial charge >= 0.3 is 0 Å². The smallest absolute Gasteiger partial charge is 0.224 e. The topological polar surface area (TPSA) is 57.8 Å². The summed E-state index contributed by atoms with van der Waals surface area (Å²) in [5.41, 5.74) is 3.35. The van der Waals surface area contributed by atoms with Crippen molar-refractivity contribution in [1.29, 1.82) is 0 Å². The lowest BCUT2D eigenvalue weighted by Gasteiger charge is -2.05. The molecule has 22 heavy (non-hydrogen) atoms. The second kappa shape index (κ2) is 5.97. The lowest BCUT2D eigenvalue weighted by atomic mass is 10.1. The molecule has 0 bridgehead atoms. The van der Waals surface area contributed by atoms with E-state index in [1.54, 1.807) is 12.3 Å². The molecule has 1 aromatic carbocycles. The number of carbonyl (C=O) groups excluding carboxylic acids is 1. The zero-order valence-electron chi connectivity index (χ0n) is 12.2. The van der Waals surface area contributed by atoms with E-state index in [9.17, 15) is 9.18 Å². The van der Waals surface area contributed by atoms with E-state index in [0.29, 0.717) is 6.54 Å². The lowest BCUT2D eigenvalue weighted by molar-refractivity contribution is -0.120. The first kappa shape index (κ1) is 14.3. The Hall–Kier alpha value is -2.69. The highest BCUT2D eigenvalue weighted by atomic mass is 19.1. The fourth-order valence-electron chi connectivity index (χ4n) is 2.50. The second-order valence-corrected chi connectivity index (χ2v) is 5.19. The van der Waals surface area contributed by atoms with Crippen LogP contribution in [0.5, 0.6) is 0 Å². The van der Waals surface area contributed by atoms with Gasteiger partial charge in [-0.15, -0.1) is 0 Å². The summed E-state index contributed by atoms with van der Waals surface area (Å²) in [4.78, 5) is 19.4. The lowest BCUT2D eigenvalue weighted by Crippen LogP contribution is -2.25. The summed E-state index contributed by atoms with van der Waals surface area (Å²) in [5.74, 6) is -0.416. The second-order valence-electron chi connectivity index (χ2n) is 5.19. The van der Waals surface area contributed by atoms with Gasteiger partial charge in [0.15, 0.2) is 0 Å². The monoisotopic (exact) mass is 297 g/mol. The number of fused-ring (bicyclic) bond motifs is 1. The molecule has 0 saturated heterocycles. The van der Waals surface area contributed by atoms with Crippen molar-refractivity contribution in [2.75, 3.05) is 0 Å². The van der Waals surface area contributed by atoms with Gasteiger partial charge in [0.2, 0.25) is 5.91 Å². The highest BCUT2D eigenvalue weighted by Crippen LogP contribution is 2.23. The predicted octanol–water partition coefficient (Wildman–Crippen LogP) is 2.87. The Labute approximate surface area is 127 Å². The number of hydrogen-bond donors (Lipinski definition) is 2. The van der Waals surface area contributed by atoms with Crippen molar-refractivity contribution >= 4 is 16.8 Å². The molecule has 0 aliphatic heterocycles. The van der Waals surface area contributed by atoms with E-state index in [4.69, 9.17) is 0 Å². The van der Waals surface area contributed by atoms with Crippen LogP contribution in [0.1, 0.15) is 17.0 Å². The number of pyridine rings is 1. The van der Waals surface area contributed by atoms with Crippen molar-refractivity contribution in [3.05, 3.63) is 65.4 Å². The Morgan fingerprint density at radius 3 is 2.95 bits per heavy atom. The molecule has 5 heteroatoms. The number of hydrogen-bond acceptors (Lipinski definition) is 2. The van der Waals surface area contributed by atoms with Crippen LogP contribution >= 0.6 is 0 Å². The first-order valence-corrected chi connectivity index (χ1v) is 7.07. The van der Waals surface area contributed by atoms with Crippen molar-refractivity contribution in [1.82, 2.24) is 15.3 Å². The van der Waals surface area contributed by atoms with Gasteiger partial charge in [-0.2, -0.15) is 0 Å². The molecule has 0 radical (unpaired) electrons. The largest absolute Gasteiger partial charge is 0.358 e. The van der Waals surface area contributed by atoms with Crippen LogP contribution in [-0.2, 0) is 17.8 Å². The Bertz CT molecular complexity index is 811. The summed E-state index contributed by atoms with van der Waals surface area (Å²) in [6.07, 6.45) is 1.90. The number of nitrogens with zero attached hydrogens (tertiary/aromatic N) is 1. The SMILES string of the molecule is Cc1[nH]c2ccc(F)cc2c1CC(=O)NCc1ccccn1. The zero-order chi connectivity index (χ0) is 15.5. The molecule has 2 heterocycles. The fourth-order valence-corrected chi connectivity index (χ4v) is 2.50. The molecule has 3 rings (SSSR count). The molecule has 4 nitrogen and oxygen atoms in total. The molecule has 1 amide bonds. The van der Waals surface area contributed by atoms with E-state index in [1.807, 2.05) is 25.1 Å². The van der Waals surface area contributed by atoms with Crippen molar-refractivity contribution < 1.29 is 9.18 Å². The minimum Gasteiger partial charge on any atom is -0.358 e. The number of benzene rings is 1. The molecule has 0 saturated carbocycles. The number of H-pyrrole nitrogens is 1. The Kier molecular flexibility index (Phi) is 3.87. The average Bonchev–Trinajstić information content (AvgIpc) is 2.82.